The molecule has 0 saturated heterocycles. The molecule has 1 rings (SSSR count). The molecule has 1 aromatic rings. The molecule has 0 spiro atoms. The lowest BCUT2D eigenvalue weighted by Crippen LogP contribution is -2.44. The molecule has 0 amide bonds. The van der Waals surface area contributed by atoms with Crippen LogP contribution in [0.25, 0.3) is 0 Å². The quantitative estimate of drug-likeness (QED) is 0.505. The Labute approximate surface area is 142 Å². The highest BCUT2D eigenvalue weighted by Crippen LogP contribution is 2.41. The van der Waals surface area contributed by atoms with E-state index in [1.165, 1.54) is 0 Å². The van der Waals surface area contributed by atoms with E-state index < -0.39 is 8.32 Å². The highest BCUT2D eigenvalue weighted by Gasteiger charge is 2.40. The van der Waals surface area contributed by atoms with Crippen LogP contribution in [0.2, 0.25) is 18.1 Å². The van der Waals surface area contributed by atoms with Crippen molar-refractivity contribution in [2.45, 2.75) is 58.0 Å². The third kappa shape index (κ3) is 5.60. The molecule has 0 aromatic heterocycles. The molecular weight excluding hydrogens is 308 g/mol. The van der Waals surface area contributed by atoms with Crippen molar-refractivity contribution in [2.24, 2.45) is 0 Å². The fraction of sp³-hybridized carbons (Fsp3) is 0.667. The summed E-state index contributed by atoms with van der Waals surface area (Å²) in [4.78, 5) is 0. The molecule has 0 N–H and O–H groups in total. The number of methoxy groups -OCH3 is 2. The van der Waals surface area contributed by atoms with E-state index in [0.717, 1.165) is 11.3 Å². The lowest BCUT2D eigenvalue weighted by molar-refractivity contribution is -0.102. The summed E-state index contributed by atoms with van der Waals surface area (Å²) in [6.07, 6.45) is -0.266. The number of hydrogen-bond donors (Lipinski definition) is 0. The second kappa shape index (κ2) is 8.28. The lowest BCUT2D eigenvalue weighted by atomic mass is 10.1. The maximum absolute atomic E-state index is 6.65. The fourth-order valence-electron chi connectivity index (χ4n) is 2.01. The molecule has 23 heavy (non-hydrogen) atoms. The average molecular weight is 341 g/mol. The Morgan fingerprint density at radius 2 is 1.78 bits per heavy atom. The third-order valence-corrected chi connectivity index (χ3v) is 8.98. The fourth-order valence-corrected chi connectivity index (χ4v) is 3.33. The average Bonchev–Trinajstić information content (AvgIpc) is 2.49. The summed E-state index contributed by atoms with van der Waals surface area (Å²) in [7, 11) is 1.36. The van der Waals surface area contributed by atoms with Gasteiger partial charge in [0.15, 0.2) is 8.32 Å². The van der Waals surface area contributed by atoms with Gasteiger partial charge < -0.3 is 18.6 Å². The maximum atomic E-state index is 6.65. The smallest absolute Gasteiger partial charge is 0.193 e. The van der Waals surface area contributed by atoms with E-state index in [2.05, 4.69) is 39.9 Å². The van der Waals surface area contributed by atoms with Crippen molar-refractivity contribution in [1.82, 2.24) is 0 Å². The summed E-state index contributed by atoms with van der Waals surface area (Å²) in [6.45, 7) is 13.5. The molecule has 0 aliphatic rings. The van der Waals surface area contributed by atoms with E-state index in [0.29, 0.717) is 0 Å². The van der Waals surface area contributed by atoms with E-state index in [1.54, 1.807) is 14.2 Å². The van der Waals surface area contributed by atoms with Crippen LogP contribution < -0.4 is 4.74 Å². The van der Waals surface area contributed by atoms with Gasteiger partial charge in [0.05, 0.1) is 19.3 Å². The molecule has 0 aliphatic carbocycles. The predicted molar refractivity (Wildman–Crippen MR) is 96.4 cm³/mol. The molecule has 0 aliphatic heterocycles. The van der Waals surface area contributed by atoms with Crippen LogP contribution in [0.5, 0.6) is 5.75 Å². The minimum atomic E-state index is -1.94. The van der Waals surface area contributed by atoms with Gasteiger partial charge in [-0.25, -0.2) is 0 Å². The van der Waals surface area contributed by atoms with Gasteiger partial charge in [-0.15, -0.1) is 0 Å². The standard InChI is InChI=1S/C18H32O4Si/c1-14(21-13-19-5)17(22-23(7,8)18(2,3)4)15-10-9-11-16(12-15)20-6/h9-12,14,17H,13H2,1-8H3. The molecule has 0 fully saturated rings. The minimum Gasteiger partial charge on any atom is -0.497 e. The Morgan fingerprint density at radius 1 is 1.13 bits per heavy atom. The Hall–Kier alpha value is -0.883. The van der Waals surface area contributed by atoms with Gasteiger partial charge in [0.1, 0.15) is 12.5 Å². The van der Waals surface area contributed by atoms with Crippen molar-refractivity contribution in [3.8, 4) is 5.75 Å². The monoisotopic (exact) mass is 340 g/mol. The van der Waals surface area contributed by atoms with Crippen LogP contribution in [-0.2, 0) is 13.9 Å². The SMILES string of the molecule is COCOC(C)C(O[Si](C)(C)C(C)(C)C)c1cccc(OC)c1. The highest BCUT2D eigenvalue weighted by molar-refractivity contribution is 6.74. The molecule has 0 heterocycles. The predicted octanol–water partition coefficient (Wildman–Crippen LogP) is 4.77. The summed E-state index contributed by atoms with van der Waals surface area (Å²) in [5.41, 5.74) is 1.07. The number of ether oxygens (including phenoxy) is 3. The van der Waals surface area contributed by atoms with Gasteiger partial charge in [0, 0.05) is 7.11 Å². The second-order valence-electron chi connectivity index (χ2n) is 7.35. The number of rotatable bonds is 8. The van der Waals surface area contributed by atoms with Crippen molar-refractivity contribution in [3.63, 3.8) is 0 Å². The van der Waals surface area contributed by atoms with Crippen LogP contribution in [0.4, 0.5) is 0 Å². The van der Waals surface area contributed by atoms with Crippen LogP contribution in [0.1, 0.15) is 39.4 Å². The van der Waals surface area contributed by atoms with Crippen LogP contribution in [0.3, 0.4) is 0 Å². The maximum Gasteiger partial charge on any atom is 0.193 e. The summed E-state index contributed by atoms with van der Waals surface area (Å²) in [6, 6.07) is 8.00. The van der Waals surface area contributed by atoms with E-state index >= 15 is 0 Å². The zero-order chi connectivity index (χ0) is 17.7. The van der Waals surface area contributed by atoms with Gasteiger partial charge in [-0.05, 0) is 42.8 Å². The largest absolute Gasteiger partial charge is 0.497 e. The minimum absolute atomic E-state index is 0.115. The Kier molecular flexibility index (Phi) is 7.26. The third-order valence-electron chi connectivity index (χ3n) is 4.53. The molecule has 0 saturated carbocycles. The van der Waals surface area contributed by atoms with E-state index in [1.807, 2.05) is 25.1 Å². The molecular formula is C18H32O4Si. The Morgan fingerprint density at radius 3 is 2.30 bits per heavy atom. The van der Waals surface area contributed by atoms with Crippen LogP contribution >= 0.6 is 0 Å². The van der Waals surface area contributed by atoms with Crippen LogP contribution in [0.15, 0.2) is 24.3 Å². The molecule has 2 unspecified atom stereocenters. The Balaban J connectivity index is 3.11. The van der Waals surface area contributed by atoms with Crippen molar-refractivity contribution in [2.75, 3.05) is 21.0 Å². The van der Waals surface area contributed by atoms with Gasteiger partial charge >= 0.3 is 0 Å². The first-order valence-corrected chi connectivity index (χ1v) is 11.0. The van der Waals surface area contributed by atoms with Gasteiger partial charge in [-0.3, -0.25) is 0 Å². The summed E-state index contributed by atoms with van der Waals surface area (Å²) >= 11 is 0. The van der Waals surface area contributed by atoms with Crippen LogP contribution in [-0.4, -0.2) is 35.4 Å². The molecule has 0 radical (unpaired) electrons. The topological polar surface area (TPSA) is 36.9 Å². The molecule has 4 nitrogen and oxygen atoms in total. The summed E-state index contributed by atoms with van der Waals surface area (Å²) in [5.74, 6) is 0.824. The zero-order valence-corrected chi connectivity index (χ0v) is 16.8. The number of benzene rings is 1. The molecule has 2 atom stereocenters. The van der Waals surface area contributed by atoms with Crippen molar-refractivity contribution in [1.29, 1.82) is 0 Å². The molecule has 0 bridgehead atoms. The van der Waals surface area contributed by atoms with Gasteiger partial charge in [0.25, 0.3) is 0 Å². The zero-order valence-electron chi connectivity index (χ0n) is 15.8. The normalized spacial score (nSPS) is 15.3. The molecule has 132 valence electrons. The van der Waals surface area contributed by atoms with Crippen molar-refractivity contribution >= 4 is 8.32 Å². The number of hydrogen-bond acceptors (Lipinski definition) is 4. The first kappa shape index (κ1) is 20.2. The second-order valence-corrected chi connectivity index (χ2v) is 12.1. The van der Waals surface area contributed by atoms with Crippen LogP contribution in [0, 0.1) is 0 Å². The van der Waals surface area contributed by atoms with Crippen molar-refractivity contribution in [3.05, 3.63) is 29.8 Å². The lowest BCUT2D eigenvalue weighted by Gasteiger charge is -2.41. The van der Waals surface area contributed by atoms with E-state index in [9.17, 15) is 0 Å². The van der Waals surface area contributed by atoms with E-state index in [-0.39, 0.29) is 24.0 Å². The summed E-state index contributed by atoms with van der Waals surface area (Å²) < 4.78 is 22.8. The highest BCUT2D eigenvalue weighted by atomic mass is 28.4. The van der Waals surface area contributed by atoms with Gasteiger partial charge in [-0.1, -0.05) is 32.9 Å². The van der Waals surface area contributed by atoms with Crippen molar-refractivity contribution < 1.29 is 18.6 Å². The molecule has 1 aromatic carbocycles. The van der Waals surface area contributed by atoms with Gasteiger partial charge in [0.2, 0.25) is 0 Å². The Bertz CT molecular complexity index is 482. The van der Waals surface area contributed by atoms with Gasteiger partial charge in [-0.2, -0.15) is 0 Å². The first-order valence-electron chi connectivity index (χ1n) is 8.04. The van der Waals surface area contributed by atoms with E-state index in [4.69, 9.17) is 18.6 Å². The summed E-state index contributed by atoms with van der Waals surface area (Å²) in [5, 5.41) is 0.130. The first-order chi connectivity index (χ1) is 10.6. The molecule has 5 heteroatoms.